The number of carbonyl (C=O) groups excluding carboxylic acids is 2. The summed E-state index contributed by atoms with van der Waals surface area (Å²) >= 11 is 12.1. The van der Waals surface area contributed by atoms with Crippen LogP contribution in [0.1, 0.15) is 17.2 Å². The molecule has 1 N–H and O–H groups in total. The Morgan fingerprint density at radius 3 is 1.97 bits per heavy atom. The first kappa shape index (κ1) is 24.8. The fourth-order valence-corrected chi connectivity index (χ4v) is 3.65. The van der Waals surface area contributed by atoms with Gasteiger partial charge in [-0.05, 0) is 17.7 Å². The topological polar surface area (TPSA) is 73.9 Å². The van der Waals surface area contributed by atoms with Crippen molar-refractivity contribution in [3.8, 4) is 5.75 Å². The zero-order valence-electron chi connectivity index (χ0n) is 16.5. The van der Waals surface area contributed by atoms with E-state index in [-0.39, 0.29) is 21.4 Å². The summed E-state index contributed by atoms with van der Waals surface area (Å²) in [6.45, 7) is 0. The van der Waals surface area contributed by atoms with Gasteiger partial charge in [0.15, 0.2) is 11.8 Å². The SMILES string of the molecule is COC(=O)[C@H](NC(=O)[C@](OC)(c1ccccc1)C(F)(F)F)c1cc(Cl)c(OC)c(Cl)c1. The fourth-order valence-electron chi connectivity index (χ4n) is 2.99. The van der Waals surface area contributed by atoms with Gasteiger partial charge in [-0.25, -0.2) is 4.79 Å². The smallest absolute Gasteiger partial charge is 0.430 e. The Balaban J connectivity index is 2.58. The van der Waals surface area contributed by atoms with Crippen molar-refractivity contribution in [3.63, 3.8) is 0 Å². The molecule has 0 aromatic heterocycles. The Bertz CT molecular complexity index is 933. The van der Waals surface area contributed by atoms with Crippen LogP contribution in [0.4, 0.5) is 13.2 Å². The lowest BCUT2D eigenvalue weighted by Gasteiger charge is -2.34. The average Bonchev–Trinajstić information content (AvgIpc) is 2.71. The van der Waals surface area contributed by atoms with Crippen molar-refractivity contribution in [2.45, 2.75) is 17.8 Å². The molecule has 1 amide bonds. The zero-order valence-corrected chi connectivity index (χ0v) is 18.1. The van der Waals surface area contributed by atoms with Crippen LogP contribution in [0.25, 0.3) is 0 Å². The van der Waals surface area contributed by atoms with Gasteiger partial charge in [0.05, 0.1) is 24.3 Å². The molecule has 2 rings (SSSR count). The molecule has 0 fully saturated rings. The van der Waals surface area contributed by atoms with E-state index < -0.39 is 35.3 Å². The third-order valence-electron chi connectivity index (χ3n) is 4.48. The molecule has 0 spiro atoms. The number of ether oxygens (including phenoxy) is 3. The van der Waals surface area contributed by atoms with Crippen molar-refractivity contribution in [2.75, 3.05) is 21.3 Å². The van der Waals surface area contributed by atoms with Crippen LogP contribution in [0, 0.1) is 0 Å². The highest BCUT2D eigenvalue weighted by Crippen LogP contribution is 2.43. The Labute approximate surface area is 186 Å². The van der Waals surface area contributed by atoms with Crippen LogP contribution in [-0.4, -0.2) is 39.4 Å². The highest BCUT2D eigenvalue weighted by atomic mass is 35.5. The quantitative estimate of drug-likeness (QED) is 0.594. The minimum absolute atomic E-state index is 0.0174. The van der Waals surface area contributed by atoms with Gasteiger partial charge in [-0.1, -0.05) is 53.5 Å². The van der Waals surface area contributed by atoms with E-state index >= 15 is 0 Å². The van der Waals surface area contributed by atoms with Crippen molar-refractivity contribution in [1.82, 2.24) is 5.32 Å². The Morgan fingerprint density at radius 1 is 1.00 bits per heavy atom. The van der Waals surface area contributed by atoms with E-state index in [1.807, 2.05) is 0 Å². The molecule has 0 radical (unpaired) electrons. The van der Waals surface area contributed by atoms with Gasteiger partial charge in [0.2, 0.25) is 0 Å². The van der Waals surface area contributed by atoms with E-state index in [0.29, 0.717) is 0 Å². The molecule has 0 saturated carbocycles. The number of amides is 1. The molecule has 2 aromatic carbocycles. The molecular weight excluding hydrogens is 462 g/mol. The van der Waals surface area contributed by atoms with Gasteiger partial charge in [0.1, 0.15) is 0 Å². The van der Waals surface area contributed by atoms with Crippen molar-refractivity contribution >= 4 is 35.1 Å². The third-order valence-corrected chi connectivity index (χ3v) is 5.04. The van der Waals surface area contributed by atoms with E-state index in [1.165, 1.54) is 37.4 Å². The molecule has 0 aliphatic heterocycles. The van der Waals surface area contributed by atoms with Crippen molar-refractivity contribution in [1.29, 1.82) is 0 Å². The maximum absolute atomic E-state index is 14.1. The van der Waals surface area contributed by atoms with Crippen LogP contribution >= 0.6 is 23.2 Å². The Hall–Kier alpha value is -2.49. The number of halogens is 5. The van der Waals surface area contributed by atoms with Crippen molar-refractivity contribution in [2.24, 2.45) is 0 Å². The molecule has 2 atom stereocenters. The van der Waals surface area contributed by atoms with E-state index in [2.05, 4.69) is 10.1 Å². The number of esters is 1. The van der Waals surface area contributed by atoms with Crippen molar-refractivity contribution in [3.05, 3.63) is 63.6 Å². The number of carbonyl (C=O) groups is 2. The molecule has 6 nitrogen and oxygen atoms in total. The largest absolute Gasteiger partial charge is 0.494 e. The van der Waals surface area contributed by atoms with Crippen LogP contribution in [0.5, 0.6) is 5.75 Å². The predicted octanol–water partition coefficient (Wildman–Crippen LogP) is 4.44. The highest BCUT2D eigenvalue weighted by molar-refractivity contribution is 6.37. The molecule has 2 aromatic rings. The van der Waals surface area contributed by atoms with Crippen LogP contribution in [-0.2, 0) is 24.7 Å². The van der Waals surface area contributed by atoms with Gasteiger partial charge in [-0.2, -0.15) is 13.2 Å². The summed E-state index contributed by atoms with van der Waals surface area (Å²) in [5, 5.41) is 2.01. The molecule has 0 aliphatic rings. The summed E-state index contributed by atoms with van der Waals surface area (Å²) in [5.41, 5.74) is -3.88. The first-order valence-electron chi connectivity index (χ1n) is 8.62. The summed E-state index contributed by atoms with van der Waals surface area (Å²) in [6.07, 6.45) is -5.16. The second-order valence-electron chi connectivity index (χ2n) is 6.20. The van der Waals surface area contributed by atoms with Crippen LogP contribution in [0.3, 0.4) is 0 Å². The molecule has 0 saturated heterocycles. The maximum atomic E-state index is 14.1. The molecule has 11 heteroatoms. The molecule has 168 valence electrons. The molecule has 0 aliphatic carbocycles. The number of hydrogen-bond donors (Lipinski definition) is 1. The van der Waals surface area contributed by atoms with Gasteiger partial charge >= 0.3 is 12.1 Å². The third kappa shape index (κ3) is 4.73. The summed E-state index contributed by atoms with van der Waals surface area (Å²) in [4.78, 5) is 25.3. The standard InChI is InChI=1S/C20H18Cl2F3NO5/c1-29-16-13(21)9-11(10-14(16)22)15(17(27)30-2)26-18(28)19(31-3,20(23,24)25)12-7-5-4-6-8-12/h4-10,15H,1-3H3,(H,26,28)/t15-,19-/m1/s1. The lowest BCUT2D eigenvalue weighted by Crippen LogP contribution is -2.57. The van der Waals surface area contributed by atoms with E-state index in [1.54, 1.807) is 0 Å². The van der Waals surface area contributed by atoms with Crippen molar-refractivity contribution < 1.29 is 37.0 Å². The average molecular weight is 480 g/mol. The summed E-state index contributed by atoms with van der Waals surface area (Å²) in [7, 11) is 3.07. The van der Waals surface area contributed by atoms with Crippen LogP contribution in [0.2, 0.25) is 10.0 Å². The lowest BCUT2D eigenvalue weighted by molar-refractivity contribution is -0.266. The van der Waals surface area contributed by atoms with E-state index in [9.17, 15) is 22.8 Å². The number of alkyl halides is 3. The van der Waals surface area contributed by atoms with Gasteiger partial charge in [-0.3, -0.25) is 4.79 Å². The molecule has 31 heavy (non-hydrogen) atoms. The molecule has 0 unspecified atom stereocenters. The minimum atomic E-state index is -5.16. The number of hydrogen-bond acceptors (Lipinski definition) is 5. The number of benzene rings is 2. The summed E-state index contributed by atoms with van der Waals surface area (Å²) < 4.78 is 56.7. The first-order valence-corrected chi connectivity index (χ1v) is 9.38. The molecule has 0 heterocycles. The predicted molar refractivity (Wildman–Crippen MR) is 107 cm³/mol. The van der Waals surface area contributed by atoms with Gasteiger partial charge < -0.3 is 19.5 Å². The fraction of sp³-hybridized carbons (Fsp3) is 0.300. The Morgan fingerprint density at radius 2 is 1.55 bits per heavy atom. The normalized spacial score (nSPS) is 14.3. The summed E-state index contributed by atoms with van der Waals surface area (Å²) in [6, 6.07) is 7.08. The Kier molecular flexibility index (Phi) is 7.80. The maximum Gasteiger partial charge on any atom is 0.430 e. The van der Waals surface area contributed by atoms with Crippen LogP contribution in [0.15, 0.2) is 42.5 Å². The second-order valence-corrected chi connectivity index (χ2v) is 7.01. The molecular formula is C20H18Cl2F3NO5. The number of methoxy groups -OCH3 is 3. The van der Waals surface area contributed by atoms with E-state index in [4.69, 9.17) is 32.7 Å². The first-order chi connectivity index (χ1) is 14.5. The monoisotopic (exact) mass is 479 g/mol. The minimum Gasteiger partial charge on any atom is -0.494 e. The number of nitrogens with one attached hydrogen (secondary N) is 1. The zero-order chi connectivity index (χ0) is 23.4. The number of rotatable bonds is 7. The van der Waals surface area contributed by atoms with Crippen LogP contribution < -0.4 is 10.1 Å². The van der Waals surface area contributed by atoms with Gasteiger partial charge in [-0.15, -0.1) is 0 Å². The second kappa shape index (κ2) is 9.76. The molecule has 0 bridgehead atoms. The van der Waals surface area contributed by atoms with E-state index in [0.717, 1.165) is 26.4 Å². The summed E-state index contributed by atoms with van der Waals surface area (Å²) in [5.74, 6) is -2.59. The lowest BCUT2D eigenvalue weighted by atomic mass is 9.91. The van der Waals surface area contributed by atoms with Gasteiger partial charge in [0, 0.05) is 12.7 Å². The van der Waals surface area contributed by atoms with Gasteiger partial charge in [0.25, 0.3) is 11.5 Å². The highest BCUT2D eigenvalue weighted by Gasteiger charge is 2.63.